The van der Waals surface area contributed by atoms with E-state index in [0.717, 1.165) is 22.2 Å². The van der Waals surface area contributed by atoms with E-state index in [0.29, 0.717) is 32.1 Å². The standard InChI is InChI=1S/C17H21N3O2S/c1-13-14(2)20(15-6-4-3-5-7-15)17(18-13)23-12-16(21)19-8-10-22-11-9-19/h3-7H,8-12H2,1-2H3. The van der Waals surface area contributed by atoms with Gasteiger partial charge in [-0.3, -0.25) is 9.36 Å². The first-order chi connectivity index (χ1) is 11.2. The van der Waals surface area contributed by atoms with Crippen LogP contribution in [0.25, 0.3) is 5.69 Å². The van der Waals surface area contributed by atoms with Gasteiger partial charge in [-0.25, -0.2) is 4.98 Å². The highest BCUT2D eigenvalue weighted by atomic mass is 32.2. The number of ether oxygens (including phenoxy) is 1. The highest BCUT2D eigenvalue weighted by Gasteiger charge is 2.19. The van der Waals surface area contributed by atoms with E-state index in [1.807, 2.05) is 30.0 Å². The molecule has 0 spiro atoms. The molecule has 23 heavy (non-hydrogen) atoms. The SMILES string of the molecule is Cc1nc(SCC(=O)N2CCOCC2)n(-c2ccccc2)c1C. The fraction of sp³-hybridized carbons (Fsp3) is 0.412. The second-order valence-corrected chi connectivity index (χ2v) is 6.46. The molecule has 2 aromatic rings. The molecule has 0 radical (unpaired) electrons. The van der Waals surface area contributed by atoms with Gasteiger partial charge in [0.2, 0.25) is 5.91 Å². The number of carbonyl (C=O) groups excluding carboxylic acids is 1. The topological polar surface area (TPSA) is 47.4 Å². The molecule has 0 unspecified atom stereocenters. The number of rotatable bonds is 4. The Morgan fingerprint density at radius 1 is 1.22 bits per heavy atom. The zero-order chi connectivity index (χ0) is 16.2. The van der Waals surface area contributed by atoms with Gasteiger partial charge in [0, 0.05) is 24.5 Å². The molecule has 0 N–H and O–H groups in total. The Hall–Kier alpha value is -1.79. The van der Waals surface area contributed by atoms with Crippen molar-refractivity contribution < 1.29 is 9.53 Å². The number of carbonyl (C=O) groups is 1. The van der Waals surface area contributed by atoms with Crippen LogP contribution in [0.1, 0.15) is 11.4 Å². The average Bonchev–Trinajstić information content (AvgIpc) is 2.88. The van der Waals surface area contributed by atoms with Gasteiger partial charge in [0.1, 0.15) is 0 Å². The summed E-state index contributed by atoms with van der Waals surface area (Å²) in [5.41, 5.74) is 3.18. The van der Waals surface area contributed by atoms with Gasteiger partial charge in [-0.15, -0.1) is 0 Å². The molecule has 5 nitrogen and oxygen atoms in total. The summed E-state index contributed by atoms with van der Waals surface area (Å²) in [6, 6.07) is 10.1. The Kier molecular flexibility index (Phi) is 5.03. The molecule has 122 valence electrons. The molecule has 1 aliphatic heterocycles. The van der Waals surface area contributed by atoms with Crippen LogP contribution in [0.3, 0.4) is 0 Å². The van der Waals surface area contributed by atoms with Gasteiger partial charge in [0.05, 0.1) is 24.7 Å². The van der Waals surface area contributed by atoms with E-state index in [1.165, 1.54) is 11.8 Å². The van der Waals surface area contributed by atoms with Gasteiger partial charge in [-0.1, -0.05) is 30.0 Å². The molecule has 0 aliphatic carbocycles. The molecule has 0 bridgehead atoms. The van der Waals surface area contributed by atoms with Crippen LogP contribution >= 0.6 is 11.8 Å². The molecule has 0 saturated carbocycles. The summed E-state index contributed by atoms with van der Waals surface area (Å²) < 4.78 is 7.41. The maximum absolute atomic E-state index is 12.3. The van der Waals surface area contributed by atoms with E-state index in [-0.39, 0.29) is 5.91 Å². The normalized spacial score (nSPS) is 15.0. The molecule has 1 amide bonds. The summed E-state index contributed by atoms with van der Waals surface area (Å²) in [5, 5.41) is 0.868. The van der Waals surface area contributed by atoms with Crippen molar-refractivity contribution in [2.24, 2.45) is 0 Å². The van der Waals surface area contributed by atoms with Gasteiger partial charge in [0.25, 0.3) is 0 Å². The molecule has 1 fully saturated rings. The zero-order valence-corrected chi connectivity index (χ0v) is 14.3. The number of benzene rings is 1. The number of hydrogen-bond acceptors (Lipinski definition) is 4. The number of nitrogens with zero attached hydrogens (tertiary/aromatic N) is 3. The monoisotopic (exact) mass is 331 g/mol. The summed E-state index contributed by atoms with van der Waals surface area (Å²) in [7, 11) is 0. The summed E-state index contributed by atoms with van der Waals surface area (Å²) in [4.78, 5) is 18.8. The van der Waals surface area contributed by atoms with Crippen molar-refractivity contribution >= 4 is 17.7 Å². The van der Waals surface area contributed by atoms with Crippen LogP contribution in [-0.2, 0) is 9.53 Å². The minimum absolute atomic E-state index is 0.149. The first kappa shape index (κ1) is 16.1. The van der Waals surface area contributed by atoms with Crippen molar-refractivity contribution in [3.63, 3.8) is 0 Å². The van der Waals surface area contributed by atoms with Crippen LogP contribution in [0.4, 0.5) is 0 Å². The molecule has 3 rings (SSSR count). The first-order valence-corrected chi connectivity index (χ1v) is 8.75. The number of imidazole rings is 1. The van der Waals surface area contributed by atoms with E-state index in [1.54, 1.807) is 0 Å². The van der Waals surface area contributed by atoms with Crippen molar-refractivity contribution in [2.75, 3.05) is 32.1 Å². The van der Waals surface area contributed by atoms with Gasteiger partial charge in [0.15, 0.2) is 5.16 Å². The van der Waals surface area contributed by atoms with E-state index in [2.05, 4.69) is 28.6 Å². The number of morpholine rings is 1. The predicted octanol–water partition coefficient (Wildman–Crippen LogP) is 2.44. The minimum Gasteiger partial charge on any atom is -0.378 e. The van der Waals surface area contributed by atoms with Crippen molar-refractivity contribution in [1.29, 1.82) is 0 Å². The van der Waals surface area contributed by atoms with Crippen LogP contribution in [0.2, 0.25) is 0 Å². The third-order valence-electron chi connectivity index (χ3n) is 4.02. The maximum Gasteiger partial charge on any atom is 0.233 e. The van der Waals surface area contributed by atoms with Crippen molar-refractivity contribution in [1.82, 2.24) is 14.5 Å². The smallest absolute Gasteiger partial charge is 0.233 e. The lowest BCUT2D eigenvalue weighted by molar-refractivity contribution is -0.132. The molecular formula is C17H21N3O2S. The molecule has 2 heterocycles. The lowest BCUT2D eigenvalue weighted by Gasteiger charge is -2.26. The molecule has 1 aromatic carbocycles. The van der Waals surface area contributed by atoms with Gasteiger partial charge in [-0.2, -0.15) is 0 Å². The average molecular weight is 331 g/mol. The largest absolute Gasteiger partial charge is 0.378 e. The summed E-state index contributed by atoms with van der Waals surface area (Å²) in [6.45, 7) is 6.70. The quantitative estimate of drug-likeness (QED) is 0.808. The number of amides is 1. The number of aryl methyl sites for hydroxylation is 1. The van der Waals surface area contributed by atoms with Crippen molar-refractivity contribution in [3.05, 3.63) is 41.7 Å². The molecule has 0 atom stereocenters. The molecule has 1 saturated heterocycles. The van der Waals surface area contributed by atoms with Gasteiger partial charge < -0.3 is 9.64 Å². The Morgan fingerprint density at radius 2 is 1.91 bits per heavy atom. The molecule has 6 heteroatoms. The highest BCUT2D eigenvalue weighted by Crippen LogP contribution is 2.25. The zero-order valence-electron chi connectivity index (χ0n) is 13.5. The molecular weight excluding hydrogens is 310 g/mol. The second kappa shape index (κ2) is 7.19. The number of aromatic nitrogens is 2. The van der Waals surface area contributed by atoms with Crippen LogP contribution in [0.15, 0.2) is 35.5 Å². The Balaban J connectivity index is 1.75. The van der Waals surface area contributed by atoms with E-state index < -0.39 is 0 Å². The number of para-hydroxylation sites is 1. The number of thioether (sulfide) groups is 1. The number of hydrogen-bond donors (Lipinski definition) is 0. The van der Waals surface area contributed by atoms with Crippen molar-refractivity contribution in [2.45, 2.75) is 19.0 Å². The van der Waals surface area contributed by atoms with Crippen LogP contribution in [0.5, 0.6) is 0 Å². The highest BCUT2D eigenvalue weighted by molar-refractivity contribution is 7.99. The third-order valence-corrected chi connectivity index (χ3v) is 4.94. The molecule has 1 aliphatic rings. The van der Waals surface area contributed by atoms with Crippen LogP contribution < -0.4 is 0 Å². The Morgan fingerprint density at radius 3 is 2.61 bits per heavy atom. The minimum atomic E-state index is 0.149. The van der Waals surface area contributed by atoms with Crippen molar-refractivity contribution in [3.8, 4) is 5.69 Å². The van der Waals surface area contributed by atoms with E-state index >= 15 is 0 Å². The lowest BCUT2D eigenvalue weighted by Crippen LogP contribution is -2.41. The Bertz CT molecular complexity index is 679. The summed E-state index contributed by atoms with van der Waals surface area (Å²) in [5.74, 6) is 0.555. The maximum atomic E-state index is 12.3. The van der Waals surface area contributed by atoms with Crippen LogP contribution in [-0.4, -0.2) is 52.4 Å². The predicted molar refractivity (Wildman–Crippen MR) is 91.2 cm³/mol. The van der Waals surface area contributed by atoms with Gasteiger partial charge >= 0.3 is 0 Å². The van der Waals surface area contributed by atoms with Gasteiger partial charge in [-0.05, 0) is 26.0 Å². The third kappa shape index (κ3) is 3.59. The van der Waals surface area contributed by atoms with E-state index in [9.17, 15) is 4.79 Å². The summed E-state index contributed by atoms with van der Waals surface area (Å²) >= 11 is 1.50. The lowest BCUT2D eigenvalue weighted by atomic mass is 10.3. The van der Waals surface area contributed by atoms with Crippen LogP contribution in [0, 0.1) is 13.8 Å². The first-order valence-electron chi connectivity index (χ1n) is 7.76. The second-order valence-electron chi connectivity index (χ2n) is 5.52. The van der Waals surface area contributed by atoms with E-state index in [4.69, 9.17) is 4.74 Å². The fourth-order valence-corrected chi connectivity index (χ4v) is 3.60. The summed E-state index contributed by atoms with van der Waals surface area (Å²) in [6.07, 6.45) is 0. The Labute approximate surface area is 140 Å². The molecule has 1 aromatic heterocycles. The fourth-order valence-electron chi connectivity index (χ4n) is 2.59.